The highest BCUT2D eigenvalue weighted by atomic mass is 16.5. The second-order valence-corrected chi connectivity index (χ2v) is 6.12. The molecular formula is C14H25N3O2. The Kier molecular flexibility index (Phi) is 4.58. The molecule has 1 aliphatic rings. The van der Waals surface area contributed by atoms with Crippen molar-refractivity contribution >= 4 is 0 Å². The van der Waals surface area contributed by atoms with Crippen LogP contribution in [0.25, 0.3) is 0 Å². The van der Waals surface area contributed by atoms with Crippen LogP contribution in [0.5, 0.6) is 0 Å². The average Bonchev–Trinajstić information content (AvgIpc) is 2.76. The molecule has 0 N–H and O–H groups in total. The van der Waals surface area contributed by atoms with Crippen molar-refractivity contribution in [3.05, 3.63) is 11.9 Å². The highest BCUT2D eigenvalue weighted by Crippen LogP contribution is 2.34. The van der Waals surface area contributed by atoms with Gasteiger partial charge in [0, 0.05) is 18.7 Å². The van der Waals surface area contributed by atoms with E-state index in [0.29, 0.717) is 12.5 Å². The molecule has 1 aromatic rings. The molecule has 108 valence electrons. The molecule has 1 atom stereocenters. The topological polar surface area (TPSA) is 49.2 Å². The zero-order chi connectivity index (χ0) is 13.9. The number of ether oxygens (including phenoxy) is 2. The predicted molar refractivity (Wildman–Crippen MR) is 73.1 cm³/mol. The van der Waals surface area contributed by atoms with Crippen LogP contribution in [0.4, 0.5) is 0 Å². The van der Waals surface area contributed by atoms with Crippen molar-refractivity contribution in [2.75, 3.05) is 13.2 Å². The van der Waals surface area contributed by atoms with Crippen LogP contribution in [-0.2, 0) is 16.0 Å². The molecule has 0 aromatic carbocycles. The molecular weight excluding hydrogens is 242 g/mol. The lowest BCUT2D eigenvalue weighted by Crippen LogP contribution is -2.33. The second kappa shape index (κ2) is 6.01. The summed E-state index contributed by atoms with van der Waals surface area (Å²) in [5, 5.41) is 8.49. The Labute approximate surface area is 115 Å². The van der Waals surface area contributed by atoms with Crippen LogP contribution in [0.3, 0.4) is 0 Å². The summed E-state index contributed by atoms with van der Waals surface area (Å²) in [6.07, 6.45) is 4.36. The van der Waals surface area contributed by atoms with Gasteiger partial charge in [-0.15, -0.1) is 5.10 Å². The summed E-state index contributed by atoms with van der Waals surface area (Å²) in [6.45, 7) is 10.6. The van der Waals surface area contributed by atoms with Gasteiger partial charge in [-0.3, -0.25) is 0 Å². The summed E-state index contributed by atoms with van der Waals surface area (Å²) in [5.74, 6) is 0.462. The molecule has 19 heavy (non-hydrogen) atoms. The summed E-state index contributed by atoms with van der Waals surface area (Å²) in [5.41, 5.74) is 1.04. The maximum Gasteiger partial charge on any atom is 0.0859 e. The summed E-state index contributed by atoms with van der Waals surface area (Å²) in [7, 11) is 0. The van der Waals surface area contributed by atoms with Gasteiger partial charge in [0.25, 0.3) is 0 Å². The van der Waals surface area contributed by atoms with E-state index in [9.17, 15) is 0 Å². The molecule has 0 amide bonds. The lowest BCUT2D eigenvalue weighted by Gasteiger charge is -2.34. The molecule has 2 rings (SSSR count). The minimum Gasteiger partial charge on any atom is -0.377 e. The fourth-order valence-electron chi connectivity index (χ4n) is 2.48. The summed E-state index contributed by atoms with van der Waals surface area (Å²) < 4.78 is 13.1. The molecule has 0 aliphatic carbocycles. The highest BCUT2D eigenvalue weighted by molar-refractivity contribution is 5.05. The van der Waals surface area contributed by atoms with Crippen molar-refractivity contribution in [2.45, 2.75) is 64.7 Å². The quantitative estimate of drug-likeness (QED) is 0.822. The third-order valence-corrected chi connectivity index (χ3v) is 3.44. The van der Waals surface area contributed by atoms with Crippen molar-refractivity contribution in [2.24, 2.45) is 0 Å². The Morgan fingerprint density at radius 2 is 2.32 bits per heavy atom. The van der Waals surface area contributed by atoms with E-state index in [-0.39, 0.29) is 11.7 Å². The van der Waals surface area contributed by atoms with E-state index >= 15 is 0 Å². The minimum absolute atomic E-state index is 0.0482. The van der Waals surface area contributed by atoms with E-state index in [1.807, 2.05) is 18.5 Å². The zero-order valence-corrected chi connectivity index (χ0v) is 12.4. The SMILES string of the molecule is CC(C)OCCn1cc([C@@H]2CCOC(C)(C)C2)nn1. The molecule has 1 saturated heterocycles. The van der Waals surface area contributed by atoms with Crippen LogP contribution in [-0.4, -0.2) is 39.9 Å². The molecule has 0 saturated carbocycles. The van der Waals surface area contributed by atoms with Crippen LogP contribution in [0.15, 0.2) is 6.20 Å². The molecule has 5 nitrogen and oxygen atoms in total. The second-order valence-electron chi connectivity index (χ2n) is 6.12. The van der Waals surface area contributed by atoms with Gasteiger partial charge < -0.3 is 9.47 Å². The average molecular weight is 267 g/mol. The van der Waals surface area contributed by atoms with Crippen molar-refractivity contribution < 1.29 is 9.47 Å². The first-order valence-electron chi connectivity index (χ1n) is 7.12. The zero-order valence-electron chi connectivity index (χ0n) is 12.4. The lowest BCUT2D eigenvalue weighted by atomic mass is 9.86. The summed E-state index contributed by atoms with van der Waals surface area (Å²) in [6, 6.07) is 0. The number of aromatic nitrogens is 3. The Bertz CT molecular complexity index is 401. The lowest BCUT2D eigenvalue weighted by molar-refractivity contribution is -0.0598. The minimum atomic E-state index is -0.0482. The van der Waals surface area contributed by atoms with Gasteiger partial charge in [0.1, 0.15) is 0 Å². The van der Waals surface area contributed by atoms with Gasteiger partial charge in [0.05, 0.1) is 30.6 Å². The van der Waals surface area contributed by atoms with Crippen molar-refractivity contribution in [3.63, 3.8) is 0 Å². The normalized spacial score (nSPS) is 22.9. The summed E-state index contributed by atoms with van der Waals surface area (Å²) >= 11 is 0. The van der Waals surface area contributed by atoms with Crippen molar-refractivity contribution in [1.82, 2.24) is 15.0 Å². The largest absolute Gasteiger partial charge is 0.377 e. The number of rotatable bonds is 5. The molecule has 1 fully saturated rings. The summed E-state index contributed by atoms with van der Waals surface area (Å²) in [4.78, 5) is 0. The van der Waals surface area contributed by atoms with Crippen LogP contribution in [0.1, 0.15) is 52.1 Å². The Hall–Kier alpha value is -0.940. The Balaban J connectivity index is 1.89. The van der Waals surface area contributed by atoms with E-state index in [2.05, 4.69) is 30.4 Å². The van der Waals surface area contributed by atoms with Gasteiger partial charge >= 0.3 is 0 Å². The smallest absolute Gasteiger partial charge is 0.0859 e. The van der Waals surface area contributed by atoms with Crippen LogP contribution in [0.2, 0.25) is 0 Å². The highest BCUT2D eigenvalue weighted by Gasteiger charge is 2.31. The molecule has 0 unspecified atom stereocenters. The van der Waals surface area contributed by atoms with Gasteiger partial charge in [-0.25, -0.2) is 4.68 Å². The molecule has 2 heterocycles. The number of hydrogen-bond acceptors (Lipinski definition) is 4. The fraction of sp³-hybridized carbons (Fsp3) is 0.857. The molecule has 1 aromatic heterocycles. The van der Waals surface area contributed by atoms with E-state index in [4.69, 9.17) is 9.47 Å². The van der Waals surface area contributed by atoms with Crippen LogP contribution < -0.4 is 0 Å². The molecule has 5 heteroatoms. The van der Waals surface area contributed by atoms with Gasteiger partial charge in [0.15, 0.2) is 0 Å². The Morgan fingerprint density at radius 1 is 1.53 bits per heavy atom. The van der Waals surface area contributed by atoms with E-state index < -0.39 is 0 Å². The van der Waals surface area contributed by atoms with E-state index in [1.165, 1.54) is 0 Å². The number of hydrogen-bond donors (Lipinski definition) is 0. The molecule has 0 spiro atoms. The van der Waals surface area contributed by atoms with Gasteiger partial charge in [-0.1, -0.05) is 5.21 Å². The predicted octanol–water partition coefficient (Wildman–Crippen LogP) is 2.38. The van der Waals surface area contributed by atoms with Crippen molar-refractivity contribution in [1.29, 1.82) is 0 Å². The molecule has 0 radical (unpaired) electrons. The maximum atomic E-state index is 5.74. The first kappa shape index (κ1) is 14.5. The fourth-order valence-corrected chi connectivity index (χ4v) is 2.48. The van der Waals surface area contributed by atoms with Crippen LogP contribution >= 0.6 is 0 Å². The van der Waals surface area contributed by atoms with Crippen molar-refractivity contribution in [3.8, 4) is 0 Å². The van der Waals surface area contributed by atoms with Gasteiger partial charge in [0.2, 0.25) is 0 Å². The third kappa shape index (κ3) is 4.28. The monoisotopic (exact) mass is 267 g/mol. The van der Waals surface area contributed by atoms with Crippen LogP contribution in [0, 0.1) is 0 Å². The maximum absolute atomic E-state index is 5.74. The standard InChI is InChI=1S/C14H25N3O2/c1-11(2)18-8-6-17-10-13(15-16-17)12-5-7-19-14(3,4)9-12/h10-12H,5-9H2,1-4H3/t12-/m1/s1. The van der Waals surface area contributed by atoms with E-state index in [1.54, 1.807) is 0 Å². The Morgan fingerprint density at radius 3 is 3.00 bits per heavy atom. The first-order valence-corrected chi connectivity index (χ1v) is 7.12. The number of nitrogens with zero attached hydrogens (tertiary/aromatic N) is 3. The van der Waals surface area contributed by atoms with E-state index in [0.717, 1.165) is 31.7 Å². The molecule has 1 aliphatic heterocycles. The molecule has 0 bridgehead atoms. The van der Waals surface area contributed by atoms with Gasteiger partial charge in [-0.2, -0.15) is 0 Å². The van der Waals surface area contributed by atoms with Gasteiger partial charge in [-0.05, 0) is 40.5 Å². The third-order valence-electron chi connectivity index (χ3n) is 3.44. The first-order chi connectivity index (χ1) is 8.96.